The van der Waals surface area contributed by atoms with Crippen LogP contribution in [-0.2, 0) is 16.1 Å². The molecule has 44 heavy (non-hydrogen) atoms. The van der Waals surface area contributed by atoms with E-state index in [1.165, 1.54) is 0 Å². The molecule has 3 aromatic carbocycles. The summed E-state index contributed by atoms with van der Waals surface area (Å²) in [6.07, 6.45) is 4.76. The molecule has 0 fully saturated rings. The van der Waals surface area contributed by atoms with Gasteiger partial charge in [-0.25, -0.2) is 4.99 Å². The number of amides is 1. The summed E-state index contributed by atoms with van der Waals surface area (Å²) in [6.45, 7) is 1.89. The quantitative estimate of drug-likeness (QED) is 0.0950. The third kappa shape index (κ3) is 8.48. The maximum atomic E-state index is 14.3. The number of benzene rings is 3. The van der Waals surface area contributed by atoms with Crippen LogP contribution in [0.4, 0.5) is 0 Å². The number of hydrogen-bond donors (Lipinski definition) is 2. The Balaban J connectivity index is 1.76. The molecule has 1 aliphatic heterocycles. The lowest BCUT2D eigenvalue weighted by atomic mass is 9.82. The van der Waals surface area contributed by atoms with Gasteiger partial charge in [0.1, 0.15) is 5.75 Å². The molecule has 230 valence electrons. The summed E-state index contributed by atoms with van der Waals surface area (Å²) in [4.78, 5) is 24.4. The SMILES string of the molecule is CN(C)CCCNC(=O)[C@]1(C/C=C/c2ccccc2)N=C(c2ccc(OCCCO)cc2)O[C@@H]1c1ccccc1CN=[N+]=[N-]. The number of aliphatic hydroxyl groups excluding tert-OH is 1. The van der Waals surface area contributed by atoms with Crippen LogP contribution in [0.3, 0.4) is 0 Å². The Morgan fingerprint density at radius 3 is 2.59 bits per heavy atom. The highest BCUT2D eigenvalue weighted by molar-refractivity contribution is 6.01. The van der Waals surface area contributed by atoms with E-state index in [-0.39, 0.29) is 25.5 Å². The van der Waals surface area contributed by atoms with Gasteiger partial charge in [-0.05, 0) is 73.5 Å². The van der Waals surface area contributed by atoms with Crippen LogP contribution in [0.1, 0.15) is 47.6 Å². The molecule has 4 rings (SSSR count). The third-order valence-electron chi connectivity index (χ3n) is 7.28. The number of azide groups is 1. The number of ether oxygens (including phenoxy) is 2. The number of carbonyl (C=O) groups excluding carboxylic acids is 1. The molecular weight excluding hydrogens is 556 g/mol. The van der Waals surface area contributed by atoms with E-state index in [0.717, 1.165) is 29.7 Å². The zero-order valence-corrected chi connectivity index (χ0v) is 25.3. The van der Waals surface area contributed by atoms with Crippen LogP contribution in [0.25, 0.3) is 16.5 Å². The fourth-order valence-electron chi connectivity index (χ4n) is 5.02. The Bertz CT molecular complexity index is 1470. The maximum absolute atomic E-state index is 14.3. The fraction of sp³-hybridized carbons (Fsp3) is 0.353. The summed E-state index contributed by atoms with van der Waals surface area (Å²) in [6, 6.07) is 24.8. The van der Waals surface area contributed by atoms with Gasteiger partial charge in [-0.2, -0.15) is 0 Å². The Labute approximate surface area is 258 Å². The van der Waals surface area contributed by atoms with Crippen LogP contribution in [0.2, 0.25) is 0 Å². The van der Waals surface area contributed by atoms with Crippen molar-refractivity contribution in [3.63, 3.8) is 0 Å². The highest BCUT2D eigenvalue weighted by Gasteiger charge is 2.53. The van der Waals surface area contributed by atoms with E-state index in [2.05, 4.69) is 20.2 Å². The van der Waals surface area contributed by atoms with Crippen molar-refractivity contribution in [2.75, 3.05) is 40.4 Å². The molecule has 0 bridgehead atoms. The van der Waals surface area contributed by atoms with E-state index in [1.54, 1.807) is 0 Å². The van der Waals surface area contributed by atoms with E-state index < -0.39 is 11.6 Å². The Morgan fingerprint density at radius 1 is 1.11 bits per heavy atom. The van der Waals surface area contributed by atoms with Gasteiger partial charge in [0, 0.05) is 36.5 Å². The van der Waals surface area contributed by atoms with Crippen LogP contribution in [-0.4, -0.2) is 67.7 Å². The molecule has 2 atom stereocenters. The second-order valence-electron chi connectivity index (χ2n) is 10.8. The zero-order chi connectivity index (χ0) is 31.2. The topological polar surface area (TPSA) is 132 Å². The van der Waals surface area contributed by atoms with Gasteiger partial charge in [-0.3, -0.25) is 4.79 Å². The predicted molar refractivity (Wildman–Crippen MR) is 172 cm³/mol. The lowest BCUT2D eigenvalue weighted by Crippen LogP contribution is -2.48. The lowest BCUT2D eigenvalue weighted by Gasteiger charge is -2.31. The Hall–Kier alpha value is -4.63. The molecule has 0 spiro atoms. The minimum atomic E-state index is -1.33. The van der Waals surface area contributed by atoms with Crippen LogP contribution in [0, 0.1) is 0 Å². The van der Waals surface area contributed by atoms with Crippen molar-refractivity contribution in [2.45, 2.75) is 37.5 Å². The number of carbonyl (C=O) groups is 1. The highest BCUT2D eigenvalue weighted by atomic mass is 16.5. The van der Waals surface area contributed by atoms with Crippen molar-refractivity contribution in [3.8, 4) is 5.75 Å². The van der Waals surface area contributed by atoms with Crippen molar-refractivity contribution in [2.24, 2.45) is 10.1 Å². The number of aliphatic imine (C=N–C) groups is 1. The highest BCUT2D eigenvalue weighted by Crippen LogP contribution is 2.44. The number of rotatable bonds is 16. The van der Waals surface area contributed by atoms with Gasteiger partial charge in [-0.1, -0.05) is 71.9 Å². The molecule has 0 saturated carbocycles. The van der Waals surface area contributed by atoms with E-state index in [9.17, 15) is 4.79 Å². The van der Waals surface area contributed by atoms with Crippen molar-refractivity contribution in [1.82, 2.24) is 10.2 Å². The number of hydrogen-bond acceptors (Lipinski definition) is 7. The summed E-state index contributed by atoms with van der Waals surface area (Å²) in [5.41, 5.74) is 10.9. The predicted octanol–water partition coefficient (Wildman–Crippen LogP) is 5.69. The van der Waals surface area contributed by atoms with Crippen molar-refractivity contribution >= 4 is 17.9 Å². The lowest BCUT2D eigenvalue weighted by molar-refractivity contribution is -0.128. The van der Waals surface area contributed by atoms with E-state index in [0.29, 0.717) is 36.8 Å². The summed E-state index contributed by atoms with van der Waals surface area (Å²) >= 11 is 0. The third-order valence-corrected chi connectivity index (χ3v) is 7.28. The second-order valence-corrected chi connectivity index (χ2v) is 10.8. The molecule has 0 aromatic heterocycles. The molecule has 1 amide bonds. The van der Waals surface area contributed by atoms with Gasteiger partial charge < -0.3 is 24.8 Å². The molecular formula is C34H40N6O4. The molecule has 0 saturated heterocycles. The van der Waals surface area contributed by atoms with Crippen LogP contribution < -0.4 is 10.1 Å². The monoisotopic (exact) mass is 596 g/mol. The Morgan fingerprint density at radius 2 is 1.86 bits per heavy atom. The standard InChI is InChI=1S/C34H40N6O4/c1-40(2)22-9-21-36-33(42)34(20-8-13-26-11-4-3-5-12-26)31(30-15-7-6-14-28(30)25-37-39-35)44-32(38-34)27-16-18-29(19-17-27)43-24-10-23-41/h3-8,11-19,31,41H,9-10,20-25H2,1-2H3,(H,36,42)/b13-8+/t31-,34-/m1/s1. The summed E-state index contributed by atoms with van der Waals surface area (Å²) in [7, 11) is 4.00. The van der Waals surface area contributed by atoms with Gasteiger partial charge >= 0.3 is 0 Å². The number of nitrogens with zero attached hydrogens (tertiary/aromatic N) is 5. The van der Waals surface area contributed by atoms with Crippen LogP contribution in [0.5, 0.6) is 5.75 Å². The summed E-state index contributed by atoms with van der Waals surface area (Å²) in [5.74, 6) is 0.760. The van der Waals surface area contributed by atoms with Gasteiger partial charge in [0.2, 0.25) is 5.90 Å². The minimum absolute atomic E-state index is 0.0588. The summed E-state index contributed by atoms with van der Waals surface area (Å²) in [5, 5.41) is 16.0. The van der Waals surface area contributed by atoms with Gasteiger partial charge in [0.25, 0.3) is 5.91 Å². The maximum Gasteiger partial charge on any atom is 0.252 e. The molecule has 10 heteroatoms. The van der Waals surface area contributed by atoms with Gasteiger partial charge in [0.05, 0.1) is 13.2 Å². The van der Waals surface area contributed by atoms with E-state index in [4.69, 9.17) is 25.1 Å². The average Bonchev–Trinajstić information content (AvgIpc) is 3.43. The first kappa shape index (κ1) is 32.3. The molecule has 10 nitrogen and oxygen atoms in total. The van der Waals surface area contributed by atoms with Gasteiger partial charge in [0.15, 0.2) is 11.6 Å². The minimum Gasteiger partial charge on any atom is -0.494 e. The fourth-order valence-corrected chi connectivity index (χ4v) is 5.02. The van der Waals surface area contributed by atoms with E-state index >= 15 is 0 Å². The van der Waals surface area contributed by atoms with Crippen LogP contribution >= 0.6 is 0 Å². The van der Waals surface area contributed by atoms with Crippen molar-refractivity contribution in [3.05, 3.63) is 118 Å². The first-order valence-electron chi connectivity index (χ1n) is 14.8. The molecule has 0 unspecified atom stereocenters. The second kappa shape index (κ2) is 16.3. The van der Waals surface area contributed by atoms with Crippen LogP contribution in [0.15, 0.2) is 95.0 Å². The molecule has 1 aliphatic rings. The largest absolute Gasteiger partial charge is 0.494 e. The van der Waals surface area contributed by atoms with E-state index in [1.807, 2.05) is 105 Å². The molecule has 3 aromatic rings. The molecule has 0 radical (unpaired) electrons. The molecule has 2 N–H and O–H groups in total. The van der Waals surface area contributed by atoms with Gasteiger partial charge in [-0.15, -0.1) is 0 Å². The normalized spacial score (nSPS) is 17.6. The number of aliphatic hydroxyl groups is 1. The molecule has 1 heterocycles. The first-order chi connectivity index (χ1) is 21.5. The Kier molecular flexibility index (Phi) is 11.9. The number of nitrogens with one attached hydrogen (secondary N) is 1. The van der Waals surface area contributed by atoms with Crippen molar-refractivity contribution in [1.29, 1.82) is 0 Å². The first-order valence-corrected chi connectivity index (χ1v) is 14.8. The smallest absolute Gasteiger partial charge is 0.252 e. The molecule has 0 aliphatic carbocycles. The summed E-state index contributed by atoms with van der Waals surface area (Å²) < 4.78 is 12.3. The van der Waals surface area contributed by atoms with Crippen molar-refractivity contribution < 1.29 is 19.4 Å². The zero-order valence-electron chi connectivity index (χ0n) is 25.3. The average molecular weight is 597 g/mol.